The zero-order valence-corrected chi connectivity index (χ0v) is 15.5. The van der Waals surface area contributed by atoms with Crippen molar-refractivity contribution < 1.29 is 8.42 Å². The van der Waals surface area contributed by atoms with E-state index in [0.717, 1.165) is 28.5 Å². The van der Waals surface area contributed by atoms with Crippen molar-refractivity contribution in [2.45, 2.75) is 62.7 Å². The fourth-order valence-electron chi connectivity index (χ4n) is 4.57. The Balaban J connectivity index is 1.84. The van der Waals surface area contributed by atoms with Crippen LogP contribution >= 0.6 is 11.3 Å². The minimum Gasteiger partial charge on any atom is -0.206 e. The van der Waals surface area contributed by atoms with Crippen molar-refractivity contribution >= 4 is 31.4 Å². The van der Waals surface area contributed by atoms with Gasteiger partial charge in [-0.25, -0.2) is 8.42 Å². The highest BCUT2D eigenvalue weighted by molar-refractivity contribution is 7.91. The van der Waals surface area contributed by atoms with Gasteiger partial charge in [0.05, 0.1) is 0 Å². The Bertz CT molecular complexity index is 869. The molecule has 2 heterocycles. The molecule has 124 valence electrons. The average Bonchev–Trinajstić information content (AvgIpc) is 3.12. The van der Waals surface area contributed by atoms with E-state index in [9.17, 15) is 8.42 Å². The fourth-order valence-corrected chi connectivity index (χ4v) is 8.32. The van der Waals surface area contributed by atoms with E-state index >= 15 is 0 Å². The van der Waals surface area contributed by atoms with Gasteiger partial charge in [0.25, 0.3) is 10.0 Å². The molecule has 1 aliphatic carbocycles. The van der Waals surface area contributed by atoms with Crippen molar-refractivity contribution in [1.29, 1.82) is 0 Å². The van der Waals surface area contributed by atoms with E-state index in [4.69, 9.17) is 0 Å². The van der Waals surface area contributed by atoms with Crippen LogP contribution in [0.25, 0.3) is 10.1 Å². The molecule has 3 nitrogen and oxygen atoms in total. The second-order valence-corrected chi connectivity index (χ2v) is 10.3. The van der Waals surface area contributed by atoms with Crippen LogP contribution in [0.5, 0.6) is 0 Å². The van der Waals surface area contributed by atoms with Gasteiger partial charge in [-0.1, -0.05) is 24.1 Å². The number of sulfonamides is 1. The number of fused-ring (bicyclic) bond motifs is 2. The highest BCUT2D eigenvalue weighted by atomic mass is 32.2. The van der Waals surface area contributed by atoms with Gasteiger partial charge in [0, 0.05) is 16.8 Å². The van der Waals surface area contributed by atoms with Crippen molar-refractivity contribution in [3.8, 4) is 0 Å². The standard InChI is InChI=1S/C18H23NO2S2/c1-11-7-8-17-15(9-11)13(3)18(22-17)23(20,21)19-12(2)10-14-5-4-6-16(14)19/h7-9,12,14,16H,4-6,10H2,1-3H3/t12-,14+,16+/m0/s1. The first-order chi connectivity index (χ1) is 10.9. The van der Waals surface area contributed by atoms with E-state index in [-0.39, 0.29) is 12.1 Å². The van der Waals surface area contributed by atoms with Gasteiger partial charge in [-0.05, 0) is 63.0 Å². The minimum atomic E-state index is -3.40. The largest absolute Gasteiger partial charge is 0.253 e. The van der Waals surface area contributed by atoms with Crippen LogP contribution in [0, 0.1) is 19.8 Å². The fraction of sp³-hybridized carbons (Fsp3) is 0.556. The van der Waals surface area contributed by atoms with Gasteiger partial charge >= 0.3 is 0 Å². The zero-order chi connectivity index (χ0) is 16.4. The summed E-state index contributed by atoms with van der Waals surface area (Å²) in [5.41, 5.74) is 2.09. The Labute approximate surface area is 142 Å². The second-order valence-electron chi connectivity index (χ2n) is 7.19. The summed E-state index contributed by atoms with van der Waals surface area (Å²) in [5.74, 6) is 0.566. The topological polar surface area (TPSA) is 37.4 Å². The van der Waals surface area contributed by atoms with Crippen LogP contribution < -0.4 is 0 Å². The van der Waals surface area contributed by atoms with Gasteiger partial charge in [0.2, 0.25) is 0 Å². The summed E-state index contributed by atoms with van der Waals surface area (Å²) in [6.07, 6.45) is 4.40. The summed E-state index contributed by atoms with van der Waals surface area (Å²) < 4.78 is 30.3. The molecule has 1 saturated carbocycles. The summed E-state index contributed by atoms with van der Waals surface area (Å²) in [7, 11) is -3.40. The van der Waals surface area contributed by atoms with Gasteiger partial charge in [0.1, 0.15) is 4.21 Å². The maximum atomic E-state index is 13.4. The van der Waals surface area contributed by atoms with Gasteiger partial charge in [-0.3, -0.25) is 0 Å². The number of thiophene rings is 1. The number of benzene rings is 1. The minimum absolute atomic E-state index is 0.127. The first-order valence-electron chi connectivity index (χ1n) is 8.43. The molecule has 3 atom stereocenters. The Hall–Kier alpha value is -0.910. The molecule has 1 saturated heterocycles. The van der Waals surface area contributed by atoms with Crippen molar-refractivity contribution in [2.75, 3.05) is 0 Å². The molecule has 0 N–H and O–H groups in total. The molecular formula is C18H23NO2S2. The van der Waals surface area contributed by atoms with E-state index in [1.807, 2.05) is 17.3 Å². The molecule has 0 spiro atoms. The van der Waals surface area contributed by atoms with Crippen molar-refractivity contribution in [2.24, 2.45) is 5.92 Å². The van der Waals surface area contributed by atoms with Crippen LogP contribution in [0.4, 0.5) is 0 Å². The van der Waals surface area contributed by atoms with Gasteiger partial charge < -0.3 is 0 Å². The Morgan fingerprint density at radius 3 is 2.78 bits per heavy atom. The summed E-state index contributed by atoms with van der Waals surface area (Å²) >= 11 is 1.43. The predicted molar refractivity (Wildman–Crippen MR) is 95.5 cm³/mol. The molecule has 2 fully saturated rings. The van der Waals surface area contributed by atoms with Crippen LogP contribution in [0.2, 0.25) is 0 Å². The van der Waals surface area contributed by atoms with Crippen LogP contribution in [0.15, 0.2) is 22.4 Å². The summed E-state index contributed by atoms with van der Waals surface area (Å²) in [5, 5.41) is 1.09. The molecule has 23 heavy (non-hydrogen) atoms. The van der Waals surface area contributed by atoms with Crippen LogP contribution in [-0.4, -0.2) is 24.8 Å². The van der Waals surface area contributed by atoms with Gasteiger partial charge in [0.15, 0.2) is 0 Å². The van der Waals surface area contributed by atoms with E-state index in [0.29, 0.717) is 10.1 Å². The normalized spacial score (nSPS) is 28.6. The number of hydrogen-bond acceptors (Lipinski definition) is 3. The SMILES string of the molecule is Cc1ccc2sc(S(=O)(=O)N3[C@@H]4CCC[C@@H]4C[C@@H]3C)c(C)c2c1. The number of rotatable bonds is 2. The van der Waals surface area contributed by atoms with E-state index < -0.39 is 10.0 Å². The van der Waals surface area contributed by atoms with Crippen molar-refractivity contribution in [3.63, 3.8) is 0 Å². The van der Waals surface area contributed by atoms with Gasteiger partial charge in [-0.2, -0.15) is 4.31 Å². The smallest absolute Gasteiger partial charge is 0.206 e. The second kappa shape index (κ2) is 5.30. The molecule has 2 aliphatic rings. The molecule has 1 aromatic heterocycles. The molecule has 0 unspecified atom stereocenters. The molecule has 2 aromatic rings. The monoisotopic (exact) mass is 349 g/mol. The third kappa shape index (κ3) is 2.28. The van der Waals surface area contributed by atoms with Gasteiger partial charge in [-0.15, -0.1) is 11.3 Å². The molecular weight excluding hydrogens is 326 g/mol. The number of nitrogens with zero attached hydrogens (tertiary/aromatic N) is 1. The lowest BCUT2D eigenvalue weighted by Gasteiger charge is -2.26. The zero-order valence-electron chi connectivity index (χ0n) is 13.9. The van der Waals surface area contributed by atoms with Crippen LogP contribution in [-0.2, 0) is 10.0 Å². The Kier molecular flexibility index (Phi) is 3.59. The first kappa shape index (κ1) is 15.6. The maximum Gasteiger partial charge on any atom is 0.253 e. The lowest BCUT2D eigenvalue weighted by molar-refractivity contribution is 0.325. The summed E-state index contributed by atoms with van der Waals surface area (Å²) in [6.45, 7) is 6.08. The molecule has 1 aromatic carbocycles. The maximum absolute atomic E-state index is 13.4. The van der Waals surface area contributed by atoms with Crippen LogP contribution in [0.1, 0.15) is 43.7 Å². The van der Waals surface area contributed by atoms with Crippen molar-refractivity contribution in [3.05, 3.63) is 29.3 Å². The molecule has 0 radical (unpaired) electrons. The third-order valence-corrected chi connectivity index (χ3v) is 9.49. The quantitative estimate of drug-likeness (QED) is 0.802. The lowest BCUT2D eigenvalue weighted by Crippen LogP contribution is -2.39. The van der Waals surface area contributed by atoms with Crippen molar-refractivity contribution in [1.82, 2.24) is 4.31 Å². The molecule has 0 bridgehead atoms. The van der Waals surface area contributed by atoms with E-state index in [1.165, 1.54) is 29.7 Å². The predicted octanol–water partition coefficient (Wildman–Crippen LogP) is 4.47. The highest BCUT2D eigenvalue weighted by Gasteiger charge is 2.48. The first-order valence-corrected chi connectivity index (χ1v) is 10.7. The Morgan fingerprint density at radius 2 is 2.00 bits per heavy atom. The molecule has 0 amide bonds. The summed E-state index contributed by atoms with van der Waals surface area (Å²) in [6, 6.07) is 6.56. The van der Waals surface area contributed by atoms with E-state index in [1.54, 1.807) is 0 Å². The summed E-state index contributed by atoms with van der Waals surface area (Å²) in [4.78, 5) is 0. The highest BCUT2D eigenvalue weighted by Crippen LogP contribution is 2.46. The molecule has 5 heteroatoms. The lowest BCUT2D eigenvalue weighted by atomic mass is 10.0. The third-order valence-electron chi connectivity index (χ3n) is 5.58. The number of aryl methyl sites for hydroxylation is 2. The number of hydrogen-bond donors (Lipinski definition) is 0. The molecule has 1 aliphatic heterocycles. The molecule has 4 rings (SSSR count). The average molecular weight is 350 g/mol. The van der Waals surface area contributed by atoms with E-state index in [2.05, 4.69) is 26.0 Å². The van der Waals surface area contributed by atoms with Crippen LogP contribution in [0.3, 0.4) is 0 Å². The Morgan fingerprint density at radius 1 is 1.22 bits per heavy atom.